The summed E-state index contributed by atoms with van der Waals surface area (Å²) in [5, 5.41) is 39.7. The van der Waals surface area contributed by atoms with Gasteiger partial charge in [-0.15, -0.1) is 6.58 Å². The maximum absolute atomic E-state index is 15.6. The molecule has 1 amide bonds. The number of rotatable bonds is 22. The number of carbonyl (C=O) groups is 6. The summed E-state index contributed by atoms with van der Waals surface area (Å²) in [7, 11) is 3.88. The Bertz CT molecular complexity index is 1180. The quantitative estimate of drug-likeness (QED) is 0.0636. The van der Waals surface area contributed by atoms with Crippen molar-refractivity contribution in [2.45, 2.75) is 119 Å². The maximum atomic E-state index is 15.6. The fourth-order valence-electron chi connectivity index (χ4n) is 6.60. The van der Waals surface area contributed by atoms with Crippen LogP contribution in [0.3, 0.4) is 0 Å². The lowest BCUT2D eigenvalue weighted by atomic mass is 9.45. The van der Waals surface area contributed by atoms with Gasteiger partial charge in [0.05, 0.1) is 12.1 Å². The summed E-state index contributed by atoms with van der Waals surface area (Å²) in [6.45, 7) is 20.3. The van der Waals surface area contributed by atoms with Gasteiger partial charge in [-0.2, -0.15) is 0 Å². The summed E-state index contributed by atoms with van der Waals surface area (Å²) < 4.78 is 0. The number of aldehydes is 1. The molecule has 12 nitrogen and oxygen atoms in total. The minimum atomic E-state index is -3.16. The lowest BCUT2D eigenvalue weighted by Gasteiger charge is -2.58. The van der Waals surface area contributed by atoms with Crippen LogP contribution < -0.4 is 10.6 Å². The van der Waals surface area contributed by atoms with Crippen molar-refractivity contribution >= 4 is 35.3 Å². The molecule has 48 heavy (non-hydrogen) atoms. The first-order valence-corrected chi connectivity index (χ1v) is 16.9. The van der Waals surface area contributed by atoms with Gasteiger partial charge < -0.3 is 35.6 Å². The highest BCUT2D eigenvalue weighted by atomic mass is 16.3. The molecule has 0 aromatic rings. The summed E-state index contributed by atoms with van der Waals surface area (Å²) in [4.78, 5) is 89.8. The van der Waals surface area contributed by atoms with Crippen molar-refractivity contribution < 1.29 is 44.1 Å². The Balaban J connectivity index is 9.47. The average molecular weight is 682 g/mol. The van der Waals surface area contributed by atoms with E-state index in [9.17, 15) is 29.7 Å². The molecule has 0 spiro atoms. The molecule has 0 aliphatic heterocycles. The van der Waals surface area contributed by atoms with Gasteiger partial charge in [0.2, 0.25) is 0 Å². The molecule has 0 aliphatic carbocycles. The first-order valence-electron chi connectivity index (χ1n) is 16.9. The molecule has 0 bridgehead atoms. The van der Waals surface area contributed by atoms with Crippen LogP contribution in [0.25, 0.3) is 0 Å². The molecule has 0 aromatic heterocycles. The van der Waals surface area contributed by atoms with E-state index in [0.29, 0.717) is 11.3 Å². The predicted molar refractivity (Wildman–Crippen MR) is 185 cm³/mol. The zero-order valence-corrected chi connectivity index (χ0v) is 31.6. The van der Waals surface area contributed by atoms with Crippen LogP contribution >= 0.6 is 0 Å². The topological polar surface area (TPSA) is 190 Å². The lowest BCUT2D eigenvalue weighted by molar-refractivity contribution is -0.190. The van der Waals surface area contributed by atoms with Gasteiger partial charge in [0, 0.05) is 12.5 Å². The fraction of sp³-hybridized carbons (Fsp3) is 0.778. The van der Waals surface area contributed by atoms with Crippen LogP contribution in [0, 0.1) is 40.4 Å². The number of likely N-dealkylation sites (N-methyl/N-ethyl adjacent to an activating group) is 3. The molecule has 12 heteroatoms. The summed E-state index contributed by atoms with van der Waals surface area (Å²) >= 11 is 0. The zero-order chi connectivity index (χ0) is 38.3. The molecule has 0 fully saturated rings. The number of nitrogens with one attached hydrogen (secondary N) is 2. The van der Waals surface area contributed by atoms with Crippen LogP contribution in [0.4, 0.5) is 0 Å². The van der Waals surface area contributed by atoms with Gasteiger partial charge in [-0.3, -0.25) is 24.0 Å². The first-order chi connectivity index (χ1) is 21.9. The van der Waals surface area contributed by atoms with E-state index in [4.69, 9.17) is 0 Å². The molecule has 0 saturated carbocycles. The molecule has 0 aromatic carbocycles. The lowest BCUT2D eigenvalue weighted by Crippen LogP contribution is -2.82. The number of aliphatic hydroxyl groups is 3. The minimum Gasteiger partial charge on any atom is -0.385 e. The Hall–Kier alpha value is -2.64. The highest BCUT2D eigenvalue weighted by molar-refractivity contribution is 6.26. The number of hydrogen-bond acceptors (Lipinski definition) is 11. The summed E-state index contributed by atoms with van der Waals surface area (Å²) in [5.41, 5.74) is -8.76. The monoisotopic (exact) mass is 681 g/mol. The molecular formula is C36H63N3O9. The molecule has 0 rings (SSSR count). The predicted octanol–water partition coefficient (Wildman–Crippen LogP) is 1.77. The number of hydrogen-bond donors (Lipinski definition) is 5. The smallest absolute Gasteiger partial charge is 0.252 e. The standard InChI is InChI=1S/C36H63N3O9/c1-16-22(9)24(37-13)29(44)35(18-40,39(15)33(48)28(43)21(7)8)36(32(47)27(42)20(5)6,30(45)25(38-14)23(10)17-2)34(11,12)31(46)26(41)19(3)4/h16,18-28,37-38,41-43H,1,17H2,2-15H3. The highest BCUT2D eigenvalue weighted by Crippen LogP contribution is 2.55. The molecule has 0 aliphatic rings. The second kappa shape index (κ2) is 17.8. The van der Waals surface area contributed by atoms with E-state index >= 15 is 14.4 Å². The minimum absolute atomic E-state index is 0.0173. The number of Topliss-reactive ketones (excluding diaryl/α,β-unsaturated/α-hetero) is 4. The van der Waals surface area contributed by atoms with Crippen LogP contribution in [-0.4, -0.2) is 113 Å². The van der Waals surface area contributed by atoms with Crippen LogP contribution in [0.5, 0.6) is 0 Å². The second-order valence-electron chi connectivity index (χ2n) is 14.7. The summed E-state index contributed by atoms with van der Waals surface area (Å²) in [6.07, 6.45) is -3.83. The van der Waals surface area contributed by atoms with Gasteiger partial charge in [-0.25, -0.2) is 0 Å². The molecule has 5 N–H and O–H groups in total. The summed E-state index contributed by atoms with van der Waals surface area (Å²) in [5.74, 6) is -9.50. The van der Waals surface area contributed by atoms with Crippen LogP contribution in [-0.2, 0) is 28.8 Å². The SMILES string of the molecule is C=CC(C)C(NC)C(=O)C(C=O)(N(C)C(=O)C(O)C(C)C)C(C(=O)C(O)C(C)C)(C(=O)C(NC)C(C)CC)C(C)(C)C(=O)C(O)C(C)C. The molecule has 9 unspecified atom stereocenters. The van der Waals surface area contributed by atoms with Gasteiger partial charge in [-0.1, -0.05) is 88.7 Å². The first kappa shape index (κ1) is 45.4. The fourth-order valence-corrected chi connectivity index (χ4v) is 6.60. The van der Waals surface area contributed by atoms with Crippen LogP contribution in [0.1, 0.15) is 82.6 Å². The molecule has 0 radical (unpaired) electrons. The molecule has 9 atom stereocenters. The van der Waals surface area contributed by atoms with Crippen molar-refractivity contribution in [2.75, 3.05) is 21.1 Å². The van der Waals surface area contributed by atoms with E-state index in [1.54, 1.807) is 20.8 Å². The Labute approximate surface area is 287 Å². The molecule has 276 valence electrons. The third kappa shape index (κ3) is 7.72. The van der Waals surface area contributed by atoms with Crippen molar-refractivity contribution in [3.63, 3.8) is 0 Å². The third-order valence-corrected chi connectivity index (χ3v) is 10.3. The molecule has 0 heterocycles. The Kier molecular flexibility index (Phi) is 16.9. The number of amides is 1. The Morgan fingerprint density at radius 1 is 0.729 bits per heavy atom. The number of carbonyl (C=O) groups excluding carboxylic acids is 6. The van der Waals surface area contributed by atoms with Gasteiger partial charge in [0.15, 0.2) is 35.0 Å². The number of ketones is 4. The van der Waals surface area contributed by atoms with E-state index in [1.165, 1.54) is 75.6 Å². The van der Waals surface area contributed by atoms with E-state index < -0.39 is 105 Å². The molecule has 0 saturated heterocycles. The normalized spacial score (nSPS) is 19.2. The highest BCUT2D eigenvalue weighted by Gasteiger charge is 2.77. The van der Waals surface area contributed by atoms with Gasteiger partial charge in [0.1, 0.15) is 23.7 Å². The van der Waals surface area contributed by atoms with Crippen molar-refractivity contribution in [3.8, 4) is 0 Å². The van der Waals surface area contributed by atoms with E-state index in [-0.39, 0.29) is 6.29 Å². The van der Waals surface area contributed by atoms with Crippen molar-refractivity contribution in [2.24, 2.45) is 40.4 Å². The number of aliphatic hydroxyl groups excluding tert-OH is 3. The Morgan fingerprint density at radius 2 is 1.15 bits per heavy atom. The number of nitrogens with zero attached hydrogens (tertiary/aromatic N) is 1. The van der Waals surface area contributed by atoms with Crippen LogP contribution in [0.2, 0.25) is 0 Å². The largest absolute Gasteiger partial charge is 0.385 e. The maximum Gasteiger partial charge on any atom is 0.252 e. The van der Waals surface area contributed by atoms with E-state index in [0.717, 1.165) is 7.05 Å². The second-order valence-corrected chi connectivity index (χ2v) is 14.7. The van der Waals surface area contributed by atoms with Crippen LogP contribution in [0.15, 0.2) is 12.7 Å². The Morgan fingerprint density at radius 3 is 1.48 bits per heavy atom. The van der Waals surface area contributed by atoms with Gasteiger partial charge in [-0.05, 0) is 43.7 Å². The van der Waals surface area contributed by atoms with Gasteiger partial charge in [0.25, 0.3) is 5.91 Å². The van der Waals surface area contributed by atoms with E-state index in [2.05, 4.69) is 17.2 Å². The zero-order valence-electron chi connectivity index (χ0n) is 31.6. The third-order valence-electron chi connectivity index (χ3n) is 10.3. The van der Waals surface area contributed by atoms with Crippen molar-refractivity contribution in [3.05, 3.63) is 12.7 Å². The van der Waals surface area contributed by atoms with E-state index in [1.807, 2.05) is 0 Å². The average Bonchev–Trinajstić information content (AvgIpc) is 3.04. The molecular weight excluding hydrogens is 618 g/mol. The van der Waals surface area contributed by atoms with Crippen molar-refractivity contribution in [1.82, 2.24) is 15.5 Å². The van der Waals surface area contributed by atoms with Gasteiger partial charge >= 0.3 is 0 Å². The van der Waals surface area contributed by atoms with Crippen molar-refractivity contribution in [1.29, 1.82) is 0 Å². The summed E-state index contributed by atoms with van der Waals surface area (Å²) in [6, 6.07) is -2.66.